The van der Waals surface area contributed by atoms with Crippen LogP contribution in [0, 0.1) is 18.3 Å². The van der Waals surface area contributed by atoms with Gasteiger partial charge in [-0.15, -0.1) is 11.3 Å². The van der Waals surface area contributed by atoms with Crippen LogP contribution in [0.3, 0.4) is 0 Å². The molecular weight excluding hydrogens is 444 g/mol. The number of aromatic nitrogens is 2. The summed E-state index contributed by atoms with van der Waals surface area (Å²) in [5.74, 6) is 1.42. The molecule has 2 heterocycles. The lowest BCUT2D eigenvalue weighted by atomic mass is 9.72. The van der Waals surface area contributed by atoms with E-state index in [-0.39, 0.29) is 11.0 Å². The Morgan fingerprint density at radius 3 is 2.52 bits per heavy atom. The van der Waals surface area contributed by atoms with E-state index in [0.29, 0.717) is 5.92 Å². The van der Waals surface area contributed by atoms with Crippen molar-refractivity contribution in [2.75, 3.05) is 0 Å². The number of thiophene rings is 1. The summed E-state index contributed by atoms with van der Waals surface area (Å²) in [7, 11) is 0. The first-order chi connectivity index (χ1) is 15.8. The van der Waals surface area contributed by atoms with Crippen LogP contribution in [-0.2, 0) is 18.6 Å². The summed E-state index contributed by atoms with van der Waals surface area (Å²) in [4.78, 5) is 21.3. The molecule has 0 bridgehead atoms. The number of hydrogen-bond donors (Lipinski definition) is 0. The van der Waals surface area contributed by atoms with Crippen LogP contribution in [0.15, 0.2) is 64.5 Å². The molecule has 5 rings (SSSR count). The van der Waals surface area contributed by atoms with Gasteiger partial charge in [0.2, 0.25) is 0 Å². The van der Waals surface area contributed by atoms with Crippen molar-refractivity contribution in [2.45, 2.75) is 57.9 Å². The summed E-state index contributed by atoms with van der Waals surface area (Å²) in [6.07, 6.45) is 3.16. The van der Waals surface area contributed by atoms with Crippen molar-refractivity contribution >= 4 is 33.3 Å². The number of rotatable bonds is 4. The van der Waals surface area contributed by atoms with E-state index in [1.165, 1.54) is 21.6 Å². The third-order valence-electron chi connectivity index (χ3n) is 6.78. The van der Waals surface area contributed by atoms with Gasteiger partial charge in [-0.25, -0.2) is 4.98 Å². The van der Waals surface area contributed by atoms with Crippen LogP contribution in [-0.4, -0.2) is 9.55 Å². The Hall–Kier alpha value is -2.37. The van der Waals surface area contributed by atoms with E-state index in [2.05, 4.69) is 52.0 Å². The van der Waals surface area contributed by atoms with Gasteiger partial charge in [-0.2, -0.15) is 0 Å². The van der Waals surface area contributed by atoms with E-state index in [0.717, 1.165) is 46.1 Å². The number of aryl methyl sites for hydroxylation is 2. The van der Waals surface area contributed by atoms with Gasteiger partial charge in [0.05, 0.1) is 11.1 Å². The van der Waals surface area contributed by atoms with Crippen molar-refractivity contribution in [3.63, 3.8) is 0 Å². The molecule has 2 aromatic heterocycles. The zero-order valence-electron chi connectivity index (χ0n) is 19.7. The third-order valence-corrected chi connectivity index (χ3v) is 8.94. The van der Waals surface area contributed by atoms with Gasteiger partial charge in [0, 0.05) is 10.6 Å². The summed E-state index contributed by atoms with van der Waals surface area (Å²) in [5.41, 5.74) is 4.96. The fourth-order valence-corrected chi connectivity index (χ4v) is 6.99. The van der Waals surface area contributed by atoms with Crippen molar-refractivity contribution in [1.82, 2.24) is 9.55 Å². The Morgan fingerprint density at radius 1 is 1.09 bits per heavy atom. The molecule has 1 atom stereocenters. The second-order valence-electron chi connectivity index (χ2n) is 10.1. The quantitative estimate of drug-likeness (QED) is 0.232. The summed E-state index contributed by atoms with van der Waals surface area (Å²) < 4.78 is 1.82. The van der Waals surface area contributed by atoms with Crippen LogP contribution in [0.2, 0.25) is 0 Å². The molecule has 0 amide bonds. The Morgan fingerprint density at radius 2 is 1.82 bits per heavy atom. The van der Waals surface area contributed by atoms with E-state index < -0.39 is 0 Å². The summed E-state index contributed by atoms with van der Waals surface area (Å²) in [6.45, 7) is 9.09. The summed E-state index contributed by atoms with van der Waals surface area (Å²) in [5, 5.41) is 1.61. The van der Waals surface area contributed by atoms with E-state index in [9.17, 15) is 4.79 Å². The van der Waals surface area contributed by atoms with E-state index in [1.807, 2.05) is 34.9 Å². The fourth-order valence-electron chi connectivity index (χ4n) is 4.68. The predicted octanol–water partition coefficient (Wildman–Crippen LogP) is 7.20. The Bertz CT molecular complexity index is 1350. The number of para-hydroxylation sites is 1. The smallest absolute Gasteiger partial charge is 0.267 e. The maximum absolute atomic E-state index is 13.9. The van der Waals surface area contributed by atoms with Crippen molar-refractivity contribution < 1.29 is 0 Å². The normalized spacial score (nSPS) is 16.2. The minimum Gasteiger partial charge on any atom is -0.268 e. The number of nitrogens with zero attached hydrogens (tertiary/aromatic N) is 2. The second kappa shape index (κ2) is 8.77. The molecule has 0 saturated carbocycles. The molecule has 4 aromatic rings. The van der Waals surface area contributed by atoms with Gasteiger partial charge in [-0.3, -0.25) is 9.36 Å². The lowest BCUT2D eigenvalue weighted by Gasteiger charge is -2.33. The van der Waals surface area contributed by atoms with Crippen LogP contribution in [0.25, 0.3) is 15.9 Å². The van der Waals surface area contributed by atoms with Crippen LogP contribution >= 0.6 is 23.1 Å². The molecule has 1 aliphatic carbocycles. The van der Waals surface area contributed by atoms with Gasteiger partial charge >= 0.3 is 0 Å². The molecular formula is C28H30N2OS2. The van der Waals surface area contributed by atoms with Crippen molar-refractivity contribution in [1.29, 1.82) is 0 Å². The van der Waals surface area contributed by atoms with Gasteiger partial charge < -0.3 is 0 Å². The molecule has 0 fully saturated rings. The number of hydrogen-bond acceptors (Lipinski definition) is 4. The van der Waals surface area contributed by atoms with Gasteiger partial charge in [0.15, 0.2) is 5.16 Å². The molecule has 0 radical (unpaired) electrons. The molecule has 2 aromatic carbocycles. The monoisotopic (exact) mass is 474 g/mol. The molecule has 3 nitrogen and oxygen atoms in total. The van der Waals surface area contributed by atoms with Crippen molar-refractivity contribution in [3.05, 3.63) is 86.5 Å². The van der Waals surface area contributed by atoms with Crippen LogP contribution in [0.5, 0.6) is 0 Å². The van der Waals surface area contributed by atoms with Crippen LogP contribution in [0.4, 0.5) is 0 Å². The molecule has 33 heavy (non-hydrogen) atoms. The first-order valence-electron chi connectivity index (χ1n) is 11.6. The van der Waals surface area contributed by atoms with Crippen molar-refractivity contribution in [3.8, 4) is 5.69 Å². The van der Waals surface area contributed by atoms with Crippen LogP contribution < -0.4 is 5.56 Å². The zero-order valence-corrected chi connectivity index (χ0v) is 21.4. The number of fused-ring (bicyclic) bond motifs is 3. The number of benzene rings is 2. The maximum Gasteiger partial charge on any atom is 0.267 e. The van der Waals surface area contributed by atoms with Gasteiger partial charge in [-0.05, 0) is 60.8 Å². The molecule has 1 unspecified atom stereocenters. The summed E-state index contributed by atoms with van der Waals surface area (Å²) >= 11 is 3.38. The third kappa shape index (κ3) is 4.41. The lowest BCUT2D eigenvalue weighted by molar-refractivity contribution is 0.218. The Labute approximate surface area is 203 Å². The minimum atomic E-state index is 0.0734. The lowest BCUT2D eigenvalue weighted by Crippen LogP contribution is -2.27. The average molecular weight is 475 g/mol. The first kappa shape index (κ1) is 22.4. The molecule has 170 valence electrons. The SMILES string of the molecule is Cc1ccc(CSc2nc3sc4c(c3c(=O)n2-c2ccccc2)CCC(C(C)(C)C)C4)cc1. The minimum absolute atomic E-state index is 0.0734. The molecule has 0 aliphatic heterocycles. The van der Waals surface area contributed by atoms with Gasteiger partial charge in [0.1, 0.15) is 4.83 Å². The van der Waals surface area contributed by atoms with E-state index in [4.69, 9.17) is 4.98 Å². The topological polar surface area (TPSA) is 34.9 Å². The fraction of sp³-hybridized carbons (Fsp3) is 0.357. The molecule has 1 aliphatic rings. The Balaban J connectivity index is 1.61. The second-order valence-corrected chi connectivity index (χ2v) is 12.2. The highest BCUT2D eigenvalue weighted by Gasteiger charge is 2.32. The average Bonchev–Trinajstić information content (AvgIpc) is 3.16. The van der Waals surface area contributed by atoms with E-state index in [1.54, 1.807) is 23.1 Å². The number of thioether (sulfide) groups is 1. The molecule has 0 saturated heterocycles. The standard InChI is InChI=1S/C28H30N2OS2/c1-18-10-12-19(13-11-18)17-32-27-29-25-24(26(31)30(27)21-8-6-5-7-9-21)22-15-14-20(28(2,3)4)16-23(22)33-25/h5-13,20H,14-17H2,1-4H3. The van der Waals surface area contributed by atoms with E-state index >= 15 is 0 Å². The highest BCUT2D eigenvalue weighted by molar-refractivity contribution is 7.98. The largest absolute Gasteiger partial charge is 0.268 e. The van der Waals surface area contributed by atoms with Gasteiger partial charge in [-0.1, -0.05) is 80.6 Å². The van der Waals surface area contributed by atoms with Crippen molar-refractivity contribution in [2.24, 2.45) is 11.3 Å². The summed E-state index contributed by atoms with van der Waals surface area (Å²) in [6, 6.07) is 18.5. The Kier molecular flexibility index (Phi) is 5.96. The van der Waals surface area contributed by atoms with Crippen LogP contribution in [0.1, 0.15) is 48.8 Å². The zero-order chi connectivity index (χ0) is 23.2. The first-order valence-corrected chi connectivity index (χ1v) is 13.4. The molecule has 0 N–H and O–H groups in total. The highest BCUT2D eigenvalue weighted by Crippen LogP contribution is 2.42. The molecule has 0 spiro atoms. The maximum atomic E-state index is 13.9. The molecule has 5 heteroatoms. The predicted molar refractivity (Wildman–Crippen MR) is 141 cm³/mol. The van der Waals surface area contributed by atoms with Gasteiger partial charge in [0.25, 0.3) is 5.56 Å². The highest BCUT2D eigenvalue weighted by atomic mass is 32.2.